The van der Waals surface area contributed by atoms with Crippen LogP contribution >= 0.6 is 22.9 Å². The molecule has 0 aliphatic rings. The van der Waals surface area contributed by atoms with E-state index in [2.05, 4.69) is 13.8 Å². The highest BCUT2D eigenvalue weighted by Crippen LogP contribution is 2.20. The first-order valence-electron chi connectivity index (χ1n) is 5.14. The standard InChI is InChI=1S/C11H16ClNO2S/c1-8(2)4-13(6-11(14)15)5-10-3-9(12)7-16-10/h3,7-8H,4-6H2,1-2H3,(H,14,15). The highest BCUT2D eigenvalue weighted by molar-refractivity contribution is 7.10. The van der Waals surface area contributed by atoms with Crippen molar-refractivity contribution in [2.24, 2.45) is 5.92 Å². The van der Waals surface area contributed by atoms with Crippen molar-refractivity contribution < 1.29 is 9.90 Å². The molecule has 1 aromatic heterocycles. The average molecular weight is 262 g/mol. The zero-order valence-corrected chi connectivity index (χ0v) is 11.0. The molecule has 0 bridgehead atoms. The van der Waals surface area contributed by atoms with Crippen molar-refractivity contribution >= 4 is 28.9 Å². The molecule has 0 aliphatic heterocycles. The Morgan fingerprint density at radius 2 is 2.31 bits per heavy atom. The van der Waals surface area contributed by atoms with Crippen LogP contribution in [-0.2, 0) is 11.3 Å². The fraction of sp³-hybridized carbons (Fsp3) is 0.545. The molecule has 3 nitrogen and oxygen atoms in total. The number of halogens is 1. The Labute approximate surface area is 105 Å². The zero-order chi connectivity index (χ0) is 12.1. The maximum absolute atomic E-state index is 10.7. The van der Waals surface area contributed by atoms with E-state index in [0.29, 0.717) is 12.5 Å². The van der Waals surface area contributed by atoms with Crippen LogP contribution in [0.15, 0.2) is 11.4 Å². The molecule has 0 aromatic carbocycles. The topological polar surface area (TPSA) is 40.5 Å². The lowest BCUT2D eigenvalue weighted by Gasteiger charge is -2.21. The van der Waals surface area contributed by atoms with Gasteiger partial charge < -0.3 is 5.11 Å². The number of hydrogen-bond donors (Lipinski definition) is 1. The van der Waals surface area contributed by atoms with Crippen LogP contribution in [0, 0.1) is 5.92 Å². The van der Waals surface area contributed by atoms with Crippen molar-refractivity contribution in [3.8, 4) is 0 Å². The second kappa shape index (κ2) is 6.23. The van der Waals surface area contributed by atoms with Crippen molar-refractivity contribution in [1.29, 1.82) is 0 Å². The van der Waals surface area contributed by atoms with E-state index in [9.17, 15) is 4.79 Å². The maximum atomic E-state index is 10.7. The predicted molar refractivity (Wildman–Crippen MR) is 67.1 cm³/mol. The third kappa shape index (κ3) is 4.96. The number of nitrogens with zero attached hydrogens (tertiary/aromatic N) is 1. The third-order valence-corrected chi connectivity index (χ3v) is 3.25. The molecule has 1 rings (SSSR count). The monoisotopic (exact) mass is 261 g/mol. The summed E-state index contributed by atoms with van der Waals surface area (Å²) in [5.41, 5.74) is 0. The summed E-state index contributed by atoms with van der Waals surface area (Å²) in [6.07, 6.45) is 0. The Morgan fingerprint density at radius 3 is 2.75 bits per heavy atom. The minimum absolute atomic E-state index is 0.0771. The van der Waals surface area contributed by atoms with Gasteiger partial charge in [0.25, 0.3) is 0 Å². The van der Waals surface area contributed by atoms with E-state index >= 15 is 0 Å². The Hall–Kier alpha value is -0.580. The second-order valence-corrected chi connectivity index (χ2v) is 5.62. The fourth-order valence-corrected chi connectivity index (χ4v) is 2.66. The predicted octanol–water partition coefficient (Wildman–Crippen LogP) is 2.94. The molecule has 0 saturated carbocycles. The van der Waals surface area contributed by atoms with E-state index < -0.39 is 5.97 Å². The summed E-state index contributed by atoms with van der Waals surface area (Å²) in [6.45, 7) is 5.67. The lowest BCUT2D eigenvalue weighted by Crippen LogP contribution is -2.32. The normalized spacial score (nSPS) is 11.3. The molecule has 0 unspecified atom stereocenters. The summed E-state index contributed by atoms with van der Waals surface area (Å²) in [5.74, 6) is -0.335. The highest BCUT2D eigenvalue weighted by atomic mass is 35.5. The summed E-state index contributed by atoms with van der Waals surface area (Å²) >= 11 is 7.40. The van der Waals surface area contributed by atoms with Gasteiger partial charge in [0.1, 0.15) is 0 Å². The van der Waals surface area contributed by atoms with Crippen LogP contribution in [0.25, 0.3) is 0 Å². The van der Waals surface area contributed by atoms with Gasteiger partial charge in [-0.3, -0.25) is 9.69 Å². The second-order valence-electron chi connectivity index (χ2n) is 4.19. The highest BCUT2D eigenvalue weighted by Gasteiger charge is 2.12. The lowest BCUT2D eigenvalue weighted by atomic mass is 10.2. The number of carboxylic acid groups (broad SMARTS) is 1. The van der Waals surface area contributed by atoms with Crippen molar-refractivity contribution in [3.05, 3.63) is 21.3 Å². The fourth-order valence-electron chi connectivity index (χ4n) is 1.55. The number of hydrogen-bond acceptors (Lipinski definition) is 3. The summed E-state index contributed by atoms with van der Waals surface area (Å²) in [5, 5.41) is 11.4. The van der Waals surface area contributed by atoms with Crippen LogP contribution in [0.3, 0.4) is 0 Å². The molecule has 1 aromatic rings. The van der Waals surface area contributed by atoms with E-state index in [1.807, 2.05) is 16.3 Å². The molecular formula is C11H16ClNO2S. The van der Waals surface area contributed by atoms with Gasteiger partial charge in [-0.1, -0.05) is 25.4 Å². The smallest absolute Gasteiger partial charge is 0.317 e. The molecule has 90 valence electrons. The third-order valence-electron chi connectivity index (χ3n) is 1.98. The Kier molecular flexibility index (Phi) is 5.25. The van der Waals surface area contributed by atoms with Crippen molar-refractivity contribution in [1.82, 2.24) is 4.90 Å². The van der Waals surface area contributed by atoms with Gasteiger partial charge >= 0.3 is 5.97 Å². The van der Waals surface area contributed by atoms with Crippen LogP contribution < -0.4 is 0 Å². The first-order valence-corrected chi connectivity index (χ1v) is 6.40. The number of thiophene rings is 1. The molecule has 0 fully saturated rings. The number of carbonyl (C=O) groups is 1. The van der Waals surface area contributed by atoms with Gasteiger partial charge in [0.05, 0.1) is 11.6 Å². The van der Waals surface area contributed by atoms with Gasteiger partial charge in [-0.25, -0.2) is 0 Å². The summed E-state index contributed by atoms with van der Waals surface area (Å²) < 4.78 is 0. The van der Waals surface area contributed by atoms with Crippen LogP contribution in [0.1, 0.15) is 18.7 Å². The molecule has 1 heterocycles. The average Bonchev–Trinajstić information content (AvgIpc) is 2.48. The van der Waals surface area contributed by atoms with E-state index in [0.717, 1.165) is 16.4 Å². The molecule has 0 amide bonds. The molecule has 0 aliphatic carbocycles. The molecular weight excluding hydrogens is 246 g/mol. The van der Waals surface area contributed by atoms with Gasteiger partial charge in [0.2, 0.25) is 0 Å². The van der Waals surface area contributed by atoms with Crippen molar-refractivity contribution in [3.63, 3.8) is 0 Å². The first kappa shape index (κ1) is 13.5. The largest absolute Gasteiger partial charge is 0.480 e. The summed E-state index contributed by atoms with van der Waals surface area (Å²) in [6, 6.07) is 1.89. The van der Waals surface area contributed by atoms with Crippen LogP contribution in [0.4, 0.5) is 0 Å². The van der Waals surface area contributed by atoms with E-state index in [-0.39, 0.29) is 6.54 Å². The van der Waals surface area contributed by atoms with Gasteiger partial charge in [-0.2, -0.15) is 0 Å². The van der Waals surface area contributed by atoms with Gasteiger partial charge in [-0.15, -0.1) is 11.3 Å². The molecule has 1 N–H and O–H groups in total. The Balaban J connectivity index is 2.58. The quantitative estimate of drug-likeness (QED) is 0.856. The lowest BCUT2D eigenvalue weighted by molar-refractivity contribution is -0.138. The van der Waals surface area contributed by atoms with Crippen molar-refractivity contribution in [2.45, 2.75) is 20.4 Å². The van der Waals surface area contributed by atoms with E-state index in [1.165, 1.54) is 0 Å². The Morgan fingerprint density at radius 1 is 1.62 bits per heavy atom. The zero-order valence-electron chi connectivity index (χ0n) is 9.44. The molecule has 16 heavy (non-hydrogen) atoms. The number of rotatable bonds is 6. The van der Waals surface area contributed by atoms with Gasteiger partial charge in [0.15, 0.2) is 0 Å². The number of aliphatic carboxylic acids is 1. The number of carboxylic acids is 1. The molecule has 0 radical (unpaired) electrons. The van der Waals surface area contributed by atoms with E-state index in [1.54, 1.807) is 11.3 Å². The molecule has 0 spiro atoms. The SMILES string of the molecule is CC(C)CN(CC(=O)O)Cc1cc(Cl)cs1. The molecule has 0 saturated heterocycles. The minimum Gasteiger partial charge on any atom is -0.480 e. The van der Waals surface area contributed by atoms with Gasteiger partial charge in [-0.05, 0) is 12.0 Å². The van der Waals surface area contributed by atoms with E-state index in [4.69, 9.17) is 16.7 Å². The first-order chi connectivity index (χ1) is 7.47. The van der Waals surface area contributed by atoms with Crippen LogP contribution in [-0.4, -0.2) is 29.1 Å². The molecule has 5 heteroatoms. The van der Waals surface area contributed by atoms with Gasteiger partial charge in [0, 0.05) is 23.3 Å². The minimum atomic E-state index is -0.789. The maximum Gasteiger partial charge on any atom is 0.317 e. The van der Waals surface area contributed by atoms with Crippen LogP contribution in [0.2, 0.25) is 5.02 Å². The summed E-state index contributed by atoms with van der Waals surface area (Å²) in [7, 11) is 0. The Bertz CT molecular complexity index is 352. The molecule has 0 atom stereocenters. The van der Waals surface area contributed by atoms with Crippen molar-refractivity contribution in [2.75, 3.05) is 13.1 Å². The summed E-state index contributed by atoms with van der Waals surface area (Å²) in [4.78, 5) is 13.8. The van der Waals surface area contributed by atoms with Crippen LogP contribution in [0.5, 0.6) is 0 Å².